The largest absolute Gasteiger partial charge is 0.496 e. The third kappa shape index (κ3) is 28.1. The van der Waals surface area contributed by atoms with E-state index in [0.29, 0.717) is 38.0 Å². The molecular formula is C69H90N2O8. The maximum atomic E-state index is 12.8. The minimum atomic E-state index is -0.780. The van der Waals surface area contributed by atoms with Gasteiger partial charge in [0, 0.05) is 44.8 Å². The third-order valence-corrected chi connectivity index (χ3v) is 13.2. The van der Waals surface area contributed by atoms with Gasteiger partial charge in [0.2, 0.25) is 11.8 Å². The number of ether oxygens (including phenoxy) is 1. The van der Waals surface area contributed by atoms with Crippen LogP contribution in [0.1, 0.15) is 168 Å². The number of carbonyl (C=O) groups is 6. The van der Waals surface area contributed by atoms with Crippen LogP contribution in [0.4, 0.5) is 0 Å². The van der Waals surface area contributed by atoms with Crippen molar-refractivity contribution in [1.29, 1.82) is 0 Å². The smallest absolute Gasteiger partial charge is 0.303 e. The van der Waals surface area contributed by atoms with E-state index in [1.165, 1.54) is 48.4 Å². The van der Waals surface area contributed by atoms with Crippen molar-refractivity contribution in [2.24, 2.45) is 0 Å². The van der Waals surface area contributed by atoms with Gasteiger partial charge >= 0.3 is 5.97 Å². The number of Topliss-reactive ketones (excluding diaryl/α,β-unsaturated/α-hetero) is 3. The number of methoxy groups -OCH3 is 1. The Hall–Kier alpha value is -7.46. The number of aliphatic carboxylic acids is 1. The summed E-state index contributed by atoms with van der Waals surface area (Å²) in [5.41, 5.74) is 13.2. The summed E-state index contributed by atoms with van der Waals surface area (Å²) >= 11 is 0. The first-order chi connectivity index (χ1) is 37.6. The number of rotatable bonds is 21. The Kier molecular flexibility index (Phi) is 32.0. The Labute approximate surface area is 473 Å². The zero-order chi connectivity index (χ0) is 58.9. The fourth-order valence-electron chi connectivity index (χ4n) is 8.62. The van der Waals surface area contributed by atoms with E-state index in [4.69, 9.17) is 9.84 Å². The van der Waals surface area contributed by atoms with E-state index in [2.05, 4.69) is 50.0 Å². The van der Waals surface area contributed by atoms with E-state index in [1.54, 1.807) is 27.9 Å². The number of ketones is 3. The van der Waals surface area contributed by atoms with Crippen molar-refractivity contribution in [1.82, 2.24) is 10.2 Å². The molecule has 1 aliphatic rings. The van der Waals surface area contributed by atoms with Crippen LogP contribution in [0.5, 0.6) is 5.75 Å². The number of unbranched alkanes of at least 4 members (excludes halogenated alkanes) is 1. The summed E-state index contributed by atoms with van der Waals surface area (Å²) in [6.07, 6.45) is 15.1. The summed E-state index contributed by atoms with van der Waals surface area (Å²) in [7, 11) is 1.64. The fourth-order valence-corrected chi connectivity index (χ4v) is 8.62. The third-order valence-electron chi connectivity index (χ3n) is 13.2. The SMILES string of the molecule is C=C(C)/C(=C\C=C/C)NC(C)=O.CC(=O)Cc1ccccc1C.CCCCC(C)c1cccc(CCC(C)=O)c1.COc1cc(CC(C)=O)ccc1C.Cc1ccc(CC(=O)N2CCCC2c2ccc(CCC(=O)O)cc2)cc1. The molecule has 6 rings (SSSR count). The van der Waals surface area contributed by atoms with E-state index in [0.717, 1.165) is 76.2 Å². The number of amides is 2. The molecule has 2 amide bonds. The van der Waals surface area contributed by atoms with Crippen LogP contribution < -0.4 is 10.1 Å². The van der Waals surface area contributed by atoms with Crippen LogP contribution in [0.15, 0.2) is 151 Å². The second-order valence-electron chi connectivity index (χ2n) is 20.6. The van der Waals surface area contributed by atoms with Crippen molar-refractivity contribution >= 4 is 35.1 Å². The molecule has 79 heavy (non-hydrogen) atoms. The van der Waals surface area contributed by atoms with Crippen LogP contribution in [0.3, 0.4) is 0 Å². The molecule has 0 aromatic heterocycles. The normalized spacial score (nSPS) is 12.9. The monoisotopic (exact) mass is 1070 g/mol. The summed E-state index contributed by atoms with van der Waals surface area (Å²) in [5.74, 6) is 1.46. The molecule has 2 unspecified atom stereocenters. The molecule has 0 bridgehead atoms. The van der Waals surface area contributed by atoms with Gasteiger partial charge in [-0.05, 0) is 161 Å². The van der Waals surface area contributed by atoms with E-state index in [-0.39, 0.29) is 41.6 Å². The number of likely N-dealkylation sites (tertiary alicyclic amines) is 1. The van der Waals surface area contributed by atoms with E-state index < -0.39 is 5.97 Å². The number of carboxylic acid groups (broad SMARTS) is 1. The molecule has 2 N–H and O–H groups in total. The van der Waals surface area contributed by atoms with Gasteiger partial charge < -0.3 is 24.9 Å². The molecular weight excluding hydrogens is 985 g/mol. The highest BCUT2D eigenvalue weighted by Gasteiger charge is 2.29. The lowest BCUT2D eigenvalue weighted by atomic mass is 9.93. The Morgan fingerprint density at radius 3 is 1.92 bits per heavy atom. The summed E-state index contributed by atoms with van der Waals surface area (Å²) in [4.78, 5) is 68.8. The Morgan fingerprint density at radius 2 is 1.35 bits per heavy atom. The standard InChI is InChI=1S/C22H25NO3.C16H24O.C11H14O2.C10H15NO.C10H12O/c1-16-4-6-18(7-5-16)15-21(24)23-14-2-3-20(23)19-11-8-17(9-12-19)10-13-22(25)26;1-4-5-7-13(2)16-9-6-8-15(12-16)11-10-14(3)17;1-8-4-5-10(6-9(2)12)7-11(8)13-3;1-5-6-7-10(8(2)3)11-9(4)12;1-8-5-3-4-6-10(8)7-9(2)11/h4-9,11-12,20H,2-3,10,13-15H2,1H3,(H,25,26);6,8-9,12-13H,4-5,7,10-11H2,1-3H3;4-5,7H,6H2,1-3H3;5-7H,2H2,1,3-4H3,(H,11,12);3-6H,7H2,1-2H3/b;;;6-5-,10-7+;. The van der Waals surface area contributed by atoms with Gasteiger partial charge in [-0.15, -0.1) is 0 Å². The molecule has 2 atom stereocenters. The predicted octanol–water partition coefficient (Wildman–Crippen LogP) is 14.8. The van der Waals surface area contributed by atoms with Crippen LogP contribution in [-0.4, -0.2) is 58.8 Å². The molecule has 10 nitrogen and oxygen atoms in total. The van der Waals surface area contributed by atoms with Crippen LogP contribution in [0, 0.1) is 20.8 Å². The number of hydrogen-bond acceptors (Lipinski definition) is 7. The summed E-state index contributed by atoms with van der Waals surface area (Å²) in [5, 5.41) is 11.5. The van der Waals surface area contributed by atoms with E-state index >= 15 is 0 Å². The zero-order valence-corrected chi connectivity index (χ0v) is 49.5. The van der Waals surface area contributed by atoms with E-state index in [9.17, 15) is 28.8 Å². The molecule has 0 aliphatic carbocycles. The second kappa shape index (κ2) is 37.4. The molecule has 0 saturated carbocycles. The summed E-state index contributed by atoms with van der Waals surface area (Å²) in [6, 6.07) is 38.8. The number of carboxylic acids is 1. The lowest BCUT2D eigenvalue weighted by Gasteiger charge is -2.25. The zero-order valence-electron chi connectivity index (χ0n) is 49.5. The van der Waals surface area contributed by atoms with Gasteiger partial charge in [-0.2, -0.15) is 0 Å². The second-order valence-corrected chi connectivity index (χ2v) is 20.6. The summed E-state index contributed by atoms with van der Waals surface area (Å²) in [6.45, 7) is 25.2. The highest BCUT2D eigenvalue weighted by molar-refractivity contribution is 5.80. The first kappa shape index (κ1) is 67.6. The van der Waals surface area contributed by atoms with Crippen molar-refractivity contribution in [3.05, 3.63) is 207 Å². The molecule has 5 aromatic carbocycles. The number of nitrogens with zero attached hydrogens (tertiary/aromatic N) is 1. The van der Waals surface area contributed by atoms with Gasteiger partial charge in [-0.3, -0.25) is 24.0 Å². The van der Waals surface area contributed by atoms with Crippen molar-refractivity contribution in [2.75, 3.05) is 13.7 Å². The van der Waals surface area contributed by atoms with Gasteiger partial charge in [0.25, 0.3) is 0 Å². The number of hydrogen-bond donors (Lipinski definition) is 2. The first-order valence-corrected chi connectivity index (χ1v) is 27.7. The number of nitrogens with one attached hydrogen (secondary N) is 1. The first-order valence-electron chi connectivity index (χ1n) is 27.7. The minimum Gasteiger partial charge on any atom is -0.496 e. The number of carbonyl (C=O) groups excluding carboxylic acids is 5. The van der Waals surface area contributed by atoms with Crippen molar-refractivity contribution in [2.45, 2.75) is 165 Å². The van der Waals surface area contributed by atoms with Crippen molar-refractivity contribution in [3.63, 3.8) is 0 Å². The van der Waals surface area contributed by atoms with E-state index in [1.807, 2.05) is 149 Å². The fraction of sp³-hybridized carbons (Fsp3) is 0.391. The van der Waals surface area contributed by atoms with Crippen molar-refractivity contribution < 1.29 is 38.6 Å². The van der Waals surface area contributed by atoms with Gasteiger partial charge in [-0.25, -0.2) is 0 Å². The van der Waals surface area contributed by atoms with Crippen LogP contribution in [0.2, 0.25) is 0 Å². The molecule has 1 heterocycles. The average molecular weight is 1080 g/mol. The van der Waals surface area contributed by atoms with Gasteiger partial charge in [0.05, 0.1) is 19.6 Å². The number of allylic oxidation sites excluding steroid dienone is 4. The Bertz CT molecular complexity index is 2790. The van der Waals surface area contributed by atoms with Crippen LogP contribution >= 0.6 is 0 Å². The lowest BCUT2D eigenvalue weighted by Crippen LogP contribution is -2.31. The maximum absolute atomic E-state index is 12.8. The lowest BCUT2D eigenvalue weighted by molar-refractivity contribution is -0.137. The Balaban J connectivity index is 0.000000353. The van der Waals surface area contributed by atoms with Gasteiger partial charge in [0.1, 0.15) is 23.1 Å². The molecule has 0 radical (unpaired) electrons. The highest BCUT2D eigenvalue weighted by atomic mass is 16.5. The number of aryl methyl sites for hydroxylation is 5. The van der Waals surface area contributed by atoms with Crippen LogP contribution in [-0.2, 0) is 60.9 Å². The van der Waals surface area contributed by atoms with Gasteiger partial charge in [-0.1, -0.05) is 160 Å². The summed E-state index contributed by atoms with van der Waals surface area (Å²) < 4.78 is 5.16. The van der Waals surface area contributed by atoms with Crippen molar-refractivity contribution in [3.8, 4) is 5.75 Å². The minimum absolute atomic E-state index is 0.0752. The topological polar surface area (TPSA) is 147 Å². The maximum Gasteiger partial charge on any atom is 0.303 e. The van der Waals surface area contributed by atoms with Gasteiger partial charge in [0.15, 0.2) is 0 Å². The number of benzene rings is 5. The molecule has 5 aromatic rings. The van der Waals surface area contributed by atoms with Crippen LogP contribution in [0.25, 0.3) is 0 Å². The molecule has 1 saturated heterocycles. The highest BCUT2D eigenvalue weighted by Crippen LogP contribution is 2.33. The quantitative estimate of drug-likeness (QED) is 0.0691. The average Bonchev–Trinajstić information content (AvgIpc) is 3.91. The predicted molar refractivity (Wildman–Crippen MR) is 324 cm³/mol. The molecule has 1 aliphatic heterocycles. The molecule has 424 valence electrons. The molecule has 10 heteroatoms. The Morgan fingerprint density at radius 1 is 0.722 bits per heavy atom. The molecule has 0 spiro atoms. The molecule has 1 fully saturated rings.